The lowest BCUT2D eigenvalue weighted by Gasteiger charge is -1.92. The fraction of sp³-hybridized carbons (Fsp3) is 0. The Morgan fingerprint density at radius 3 is 2.64 bits per heavy atom. The van der Waals surface area contributed by atoms with Crippen molar-refractivity contribution in [3.8, 4) is 6.19 Å². The van der Waals surface area contributed by atoms with Crippen molar-refractivity contribution in [3.05, 3.63) is 34.9 Å². The quantitative estimate of drug-likeness (QED) is 0.430. The van der Waals surface area contributed by atoms with Crippen LogP contribution in [0, 0.1) is 11.5 Å². The monoisotopic (exact) mass is 206 g/mol. The molecule has 0 amide bonds. The summed E-state index contributed by atoms with van der Waals surface area (Å²) in [6.45, 7) is 0. The molecule has 1 rings (SSSR count). The summed E-state index contributed by atoms with van der Waals surface area (Å²) in [5, 5.41) is 8.81. The molecule has 14 heavy (non-hydrogen) atoms. The van der Waals surface area contributed by atoms with Gasteiger partial charge in [0.05, 0.1) is 0 Å². The van der Waals surface area contributed by atoms with Crippen LogP contribution < -0.4 is 5.73 Å². The molecule has 0 spiro atoms. The van der Waals surface area contributed by atoms with Gasteiger partial charge in [-0.25, -0.2) is 4.99 Å². The van der Waals surface area contributed by atoms with Crippen LogP contribution in [0.1, 0.15) is 5.56 Å². The first kappa shape index (κ1) is 10.2. The van der Waals surface area contributed by atoms with Gasteiger partial charge in [-0.2, -0.15) is 5.26 Å². The number of nitriles is 1. The van der Waals surface area contributed by atoms with Crippen molar-refractivity contribution < 1.29 is 0 Å². The molecule has 0 atom stereocenters. The van der Waals surface area contributed by atoms with E-state index in [0.29, 0.717) is 5.02 Å². The minimum Gasteiger partial charge on any atom is -0.367 e. The number of benzene rings is 1. The molecular formula is C9H7ClN4. The second kappa shape index (κ2) is 5.00. The zero-order valence-electron chi connectivity index (χ0n) is 7.18. The number of nitrogens with zero attached hydrogens (tertiary/aromatic N) is 3. The van der Waals surface area contributed by atoms with Crippen LogP contribution in [0.5, 0.6) is 0 Å². The van der Waals surface area contributed by atoms with Crippen molar-refractivity contribution >= 4 is 23.8 Å². The lowest BCUT2D eigenvalue weighted by Crippen LogP contribution is -2.07. The molecule has 70 valence electrons. The van der Waals surface area contributed by atoms with Gasteiger partial charge in [0, 0.05) is 11.2 Å². The minimum absolute atomic E-state index is 0.0672. The Morgan fingerprint density at radius 1 is 1.43 bits per heavy atom. The van der Waals surface area contributed by atoms with Crippen molar-refractivity contribution in [2.45, 2.75) is 0 Å². The van der Waals surface area contributed by atoms with Crippen molar-refractivity contribution in [3.63, 3.8) is 0 Å². The maximum atomic E-state index is 8.16. The molecule has 0 saturated heterocycles. The summed E-state index contributed by atoms with van der Waals surface area (Å²) in [5.74, 6) is -0.0672. The summed E-state index contributed by atoms with van der Waals surface area (Å²) in [7, 11) is 0. The fourth-order valence-corrected chi connectivity index (χ4v) is 0.896. The molecule has 0 radical (unpaired) electrons. The molecule has 0 aliphatic rings. The van der Waals surface area contributed by atoms with Gasteiger partial charge >= 0.3 is 0 Å². The Labute approximate surface area is 86.4 Å². The number of guanidine groups is 1. The van der Waals surface area contributed by atoms with E-state index in [0.717, 1.165) is 5.56 Å². The summed E-state index contributed by atoms with van der Waals surface area (Å²) in [6.07, 6.45) is 3.05. The molecule has 0 aliphatic heterocycles. The second-order valence-electron chi connectivity index (χ2n) is 2.38. The Balaban J connectivity index is 2.75. The minimum atomic E-state index is -0.0672. The molecule has 0 aromatic heterocycles. The molecule has 0 bridgehead atoms. The van der Waals surface area contributed by atoms with E-state index in [2.05, 4.69) is 9.98 Å². The summed E-state index contributed by atoms with van der Waals surface area (Å²) in [5.41, 5.74) is 6.10. The topological polar surface area (TPSA) is 74.5 Å². The fourth-order valence-electron chi connectivity index (χ4n) is 0.770. The van der Waals surface area contributed by atoms with Crippen LogP contribution in [0.3, 0.4) is 0 Å². The highest BCUT2D eigenvalue weighted by molar-refractivity contribution is 6.30. The van der Waals surface area contributed by atoms with Gasteiger partial charge in [-0.3, -0.25) is 0 Å². The third-order valence-electron chi connectivity index (χ3n) is 1.38. The molecule has 0 fully saturated rings. The lowest BCUT2D eigenvalue weighted by atomic mass is 10.2. The molecular weight excluding hydrogens is 200 g/mol. The molecule has 5 heteroatoms. The van der Waals surface area contributed by atoms with E-state index in [-0.39, 0.29) is 5.96 Å². The highest BCUT2D eigenvalue weighted by atomic mass is 35.5. The summed E-state index contributed by atoms with van der Waals surface area (Å²) in [6, 6.07) is 7.04. The maximum Gasteiger partial charge on any atom is 0.230 e. The van der Waals surface area contributed by atoms with Crippen LogP contribution in [0.2, 0.25) is 5.02 Å². The number of rotatable bonds is 1. The number of aliphatic imine (C=N–C) groups is 2. The average molecular weight is 207 g/mol. The molecule has 1 aromatic carbocycles. The van der Waals surface area contributed by atoms with Crippen LogP contribution in [-0.2, 0) is 0 Å². The van der Waals surface area contributed by atoms with Crippen molar-refractivity contribution in [1.82, 2.24) is 0 Å². The molecule has 2 N–H and O–H groups in total. The van der Waals surface area contributed by atoms with E-state index in [1.165, 1.54) is 6.21 Å². The van der Waals surface area contributed by atoms with Crippen molar-refractivity contribution in [2.75, 3.05) is 0 Å². The van der Waals surface area contributed by atoms with Crippen LogP contribution in [0.15, 0.2) is 34.3 Å². The largest absolute Gasteiger partial charge is 0.367 e. The van der Waals surface area contributed by atoms with Gasteiger partial charge in [0.25, 0.3) is 0 Å². The summed E-state index contributed by atoms with van der Waals surface area (Å²) in [4.78, 5) is 6.98. The highest BCUT2D eigenvalue weighted by Crippen LogP contribution is 2.07. The molecule has 0 unspecified atom stereocenters. The van der Waals surface area contributed by atoms with Gasteiger partial charge in [-0.05, 0) is 17.7 Å². The predicted octanol–water partition coefficient (Wildman–Crippen LogP) is 1.55. The first-order valence-corrected chi connectivity index (χ1v) is 4.12. The molecule has 0 heterocycles. The van der Waals surface area contributed by atoms with E-state index in [4.69, 9.17) is 22.6 Å². The zero-order valence-corrected chi connectivity index (χ0v) is 7.94. The number of nitrogens with two attached hydrogens (primary N) is 1. The maximum absolute atomic E-state index is 8.16. The molecule has 0 saturated carbocycles. The van der Waals surface area contributed by atoms with Crippen LogP contribution in [-0.4, -0.2) is 12.2 Å². The van der Waals surface area contributed by atoms with Gasteiger partial charge < -0.3 is 5.73 Å². The van der Waals surface area contributed by atoms with Gasteiger partial charge in [0.1, 0.15) is 0 Å². The van der Waals surface area contributed by atoms with E-state index >= 15 is 0 Å². The van der Waals surface area contributed by atoms with Crippen LogP contribution in [0.25, 0.3) is 0 Å². The lowest BCUT2D eigenvalue weighted by molar-refractivity contribution is 1.39. The van der Waals surface area contributed by atoms with Crippen molar-refractivity contribution in [1.29, 1.82) is 5.26 Å². The highest BCUT2D eigenvalue weighted by Gasteiger charge is 1.89. The Hall–Kier alpha value is -1.86. The molecule has 4 nitrogen and oxygen atoms in total. The first-order valence-electron chi connectivity index (χ1n) is 3.74. The smallest absolute Gasteiger partial charge is 0.230 e. The summed E-state index contributed by atoms with van der Waals surface area (Å²) < 4.78 is 0. The third-order valence-corrected chi connectivity index (χ3v) is 1.63. The van der Waals surface area contributed by atoms with E-state index in [1.807, 2.05) is 0 Å². The van der Waals surface area contributed by atoms with Crippen LogP contribution >= 0.6 is 11.6 Å². The molecule has 1 aromatic rings. The predicted molar refractivity (Wildman–Crippen MR) is 56.3 cm³/mol. The number of hydrogen-bond acceptors (Lipinski definition) is 2. The SMILES string of the molecule is N#CN=C(N)N=Cc1ccc(Cl)cc1. The van der Waals surface area contributed by atoms with Crippen molar-refractivity contribution in [2.24, 2.45) is 15.7 Å². The van der Waals surface area contributed by atoms with Crippen LogP contribution in [0.4, 0.5) is 0 Å². The van der Waals surface area contributed by atoms with E-state index in [9.17, 15) is 0 Å². The molecule has 0 aliphatic carbocycles. The normalized spacial score (nSPS) is 11.6. The van der Waals surface area contributed by atoms with Gasteiger partial charge in [-0.15, -0.1) is 4.99 Å². The van der Waals surface area contributed by atoms with Gasteiger partial charge in [0.2, 0.25) is 12.2 Å². The first-order chi connectivity index (χ1) is 6.72. The van der Waals surface area contributed by atoms with E-state index in [1.54, 1.807) is 30.5 Å². The average Bonchev–Trinajstić information content (AvgIpc) is 2.17. The second-order valence-corrected chi connectivity index (χ2v) is 2.82. The zero-order chi connectivity index (χ0) is 10.4. The number of hydrogen-bond donors (Lipinski definition) is 1. The third kappa shape index (κ3) is 3.25. The van der Waals surface area contributed by atoms with Gasteiger partial charge in [0.15, 0.2) is 0 Å². The number of halogens is 1. The standard InChI is InChI=1S/C9H7ClN4/c10-8-3-1-7(2-4-8)5-13-9(12)14-6-11/h1-5H,(H2,12,14). The Bertz CT molecular complexity index is 400. The van der Waals surface area contributed by atoms with E-state index < -0.39 is 0 Å². The van der Waals surface area contributed by atoms with Gasteiger partial charge in [-0.1, -0.05) is 23.7 Å². The summed E-state index contributed by atoms with van der Waals surface area (Å²) >= 11 is 5.69. The Kier molecular flexibility index (Phi) is 3.65. The Morgan fingerprint density at radius 2 is 2.07 bits per heavy atom.